The lowest BCUT2D eigenvalue weighted by molar-refractivity contribution is 0.0977. The molecule has 6 rings (SSSR count). The molecular formula is C42H50F4O. The zero-order valence-corrected chi connectivity index (χ0v) is 28.1. The molecule has 4 aliphatic carbocycles. The van der Waals surface area contributed by atoms with Crippen molar-refractivity contribution in [2.75, 3.05) is 13.2 Å². The van der Waals surface area contributed by atoms with Crippen LogP contribution in [0.2, 0.25) is 0 Å². The SMILES string of the molecule is CCC1(C2(c3ccc(F)c(F)c3)C=CC(COCC3C=CC(c4ccc(F)c(F)c4)(C4(CC)CCCCC4)C=C3)C=C2)CCCCC1. The van der Waals surface area contributed by atoms with Crippen LogP contribution in [-0.4, -0.2) is 13.2 Å². The Morgan fingerprint density at radius 2 is 0.894 bits per heavy atom. The maximum absolute atomic E-state index is 14.6. The second-order valence-corrected chi connectivity index (χ2v) is 14.7. The van der Waals surface area contributed by atoms with Gasteiger partial charge in [-0.15, -0.1) is 0 Å². The fourth-order valence-electron chi connectivity index (χ4n) is 9.69. The molecule has 0 unspecified atom stereocenters. The quantitative estimate of drug-likeness (QED) is 0.184. The van der Waals surface area contributed by atoms with Crippen LogP contribution >= 0.6 is 0 Å². The molecule has 252 valence electrons. The van der Waals surface area contributed by atoms with Crippen molar-refractivity contribution in [2.45, 2.75) is 102 Å². The van der Waals surface area contributed by atoms with Gasteiger partial charge < -0.3 is 4.74 Å². The number of hydrogen-bond acceptors (Lipinski definition) is 1. The van der Waals surface area contributed by atoms with E-state index in [0.717, 1.165) is 75.3 Å². The first-order chi connectivity index (χ1) is 22.7. The summed E-state index contributed by atoms with van der Waals surface area (Å²) in [6.07, 6.45) is 30.9. The van der Waals surface area contributed by atoms with Crippen LogP contribution in [-0.2, 0) is 15.6 Å². The molecule has 0 bridgehead atoms. The van der Waals surface area contributed by atoms with Crippen LogP contribution in [0.5, 0.6) is 0 Å². The predicted molar refractivity (Wildman–Crippen MR) is 182 cm³/mol. The molecule has 0 amide bonds. The van der Waals surface area contributed by atoms with Gasteiger partial charge in [-0.3, -0.25) is 0 Å². The molecule has 0 heterocycles. The number of hydrogen-bond donors (Lipinski definition) is 0. The van der Waals surface area contributed by atoms with E-state index >= 15 is 0 Å². The number of benzene rings is 2. The van der Waals surface area contributed by atoms with E-state index in [4.69, 9.17) is 4.74 Å². The monoisotopic (exact) mass is 646 g/mol. The van der Waals surface area contributed by atoms with Gasteiger partial charge in [-0.05, 0) is 84.7 Å². The fraction of sp³-hybridized carbons (Fsp3) is 0.524. The maximum Gasteiger partial charge on any atom is 0.159 e. The van der Waals surface area contributed by atoms with Gasteiger partial charge in [-0.25, -0.2) is 17.6 Å². The van der Waals surface area contributed by atoms with E-state index in [9.17, 15) is 17.6 Å². The normalized spacial score (nSPS) is 29.7. The highest BCUT2D eigenvalue weighted by Gasteiger charge is 2.50. The average molecular weight is 647 g/mol. The highest BCUT2D eigenvalue weighted by atomic mass is 19.2. The smallest absolute Gasteiger partial charge is 0.159 e. The topological polar surface area (TPSA) is 9.23 Å². The summed E-state index contributed by atoms with van der Waals surface area (Å²) in [6, 6.07) is 8.83. The zero-order chi connectivity index (χ0) is 33.1. The third kappa shape index (κ3) is 6.11. The lowest BCUT2D eigenvalue weighted by Crippen LogP contribution is -2.45. The summed E-state index contributed by atoms with van der Waals surface area (Å²) < 4.78 is 63.4. The molecule has 0 radical (unpaired) electrons. The van der Waals surface area contributed by atoms with E-state index < -0.39 is 34.1 Å². The lowest BCUT2D eigenvalue weighted by atomic mass is 9.52. The maximum atomic E-state index is 14.6. The van der Waals surface area contributed by atoms with E-state index in [1.165, 1.54) is 37.1 Å². The first-order valence-electron chi connectivity index (χ1n) is 18.0. The minimum atomic E-state index is -0.815. The van der Waals surface area contributed by atoms with Crippen molar-refractivity contribution in [1.29, 1.82) is 0 Å². The number of ether oxygens (including phenoxy) is 1. The van der Waals surface area contributed by atoms with E-state index in [1.54, 1.807) is 12.1 Å². The minimum absolute atomic E-state index is 0.0415. The molecular weight excluding hydrogens is 596 g/mol. The number of allylic oxidation sites excluding steroid dienone is 4. The Morgan fingerprint density at radius 1 is 0.532 bits per heavy atom. The summed E-state index contributed by atoms with van der Waals surface area (Å²) >= 11 is 0. The van der Waals surface area contributed by atoms with Gasteiger partial charge in [-0.2, -0.15) is 0 Å². The largest absolute Gasteiger partial charge is 0.380 e. The van der Waals surface area contributed by atoms with Crippen LogP contribution in [0, 0.1) is 45.9 Å². The first kappa shape index (κ1) is 34.0. The first-order valence-corrected chi connectivity index (χ1v) is 18.0. The predicted octanol–water partition coefficient (Wildman–Crippen LogP) is 11.6. The van der Waals surface area contributed by atoms with Crippen molar-refractivity contribution >= 4 is 0 Å². The Morgan fingerprint density at radius 3 is 1.21 bits per heavy atom. The number of rotatable bonds is 10. The van der Waals surface area contributed by atoms with E-state index in [2.05, 4.69) is 62.5 Å². The van der Waals surface area contributed by atoms with Gasteiger partial charge in [0.25, 0.3) is 0 Å². The molecule has 5 heteroatoms. The highest BCUT2D eigenvalue weighted by molar-refractivity contribution is 5.45. The van der Waals surface area contributed by atoms with Gasteiger partial charge in [0.2, 0.25) is 0 Å². The molecule has 2 aromatic rings. The van der Waals surface area contributed by atoms with Crippen LogP contribution in [0.3, 0.4) is 0 Å². The summed E-state index contributed by atoms with van der Waals surface area (Å²) in [6.45, 7) is 5.50. The molecule has 1 nitrogen and oxygen atoms in total. The molecule has 0 atom stereocenters. The minimum Gasteiger partial charge on any atom is -0.380 e. The molecule has 47 heavy (non-hydrogen) atoms. The Bertz CT molecular complexity index is 1380. The molecule has 2 saturated carbocycles. The zero-order valence-electron chi connectivity index (χ0n) is 28.1. The second-order valence-electron chi connectivity index (χ2n) is 14.7. The van der Waals surface area contributed by atoms with Crippen molar-refractivity contribution in [1.82, 2.24) is 0 Å². The molecule has 4 aliphatic rings. The van der Waals surface area contributed by atoms with Gasteiger partial charge >= 0.3 is 0 Å². The number of halogens is 4. The molecule has 0 N–H and O–H groups in total. The Kier molecular flexibility index (Phi) is 10.0. The Hall–Kier alpha value is -2.92. The summed E-state index contributed by atoms with van der Waals surface area (Å²) in [4.78, 5) is 0. The van der Waals surface area contributed by atoms with Gasteiger partial charge in [-0.1, -0.05) is 113 Å². The van der Waals surface area contributed by atoms with E-state index in [1.807, 2.05) is 0 Å². The van der Waals surface area contributed by atoms with E-state index in [0.29, 0.717) is 13.2 Å². The molecule has 2 aromatic carbocycles. The van der Waals surface area contributed by atoms with Crippen LogP contribution < -0.4 is 0 Å². The van der Waals surface area contributed by atoms with Crippen molar-refractivity contribution in [3.8, 4) is 0 Å². The summed E-state index contributed by atoms with van der Waals surface area (Å²) in [5, 5.41) is 0. The van der Waals surface area contributed by atoms with Crippen molar-refractivity contribution in [3.63, 3.8) is 0 Å². The van der Waals surface area contributed by atoms with E-state index in [-0.39, 0.29) is 22.7 Å². The second kappa shape index (κ2) is 13.9. The summed E-state index contributed by atoms with van der Waals surface area (Å²) in [5.41, 5.74) is 0.577. The summed E-state index contributed by atoms with van der Waals surface area (Å²) in [7, 11) is 0. The molecule has 0 saturated heterocycles. The van der Waals surface area contributed by atoms with Gasteiger partial charge in [0.05, 0.1) is 13.2 Å². The highest BCUT2D eigenvalue weighted by Crippen LogP contribution is 2.58. The lowest BCUT2D eigenvalue weighted by Gasteiger charge is -2.52. The molecule has 0 spiro atoms. The van der Waals surface area contributed by atoms with Gasteiger partial charge in [0.15, 0.2) is 23.3 Å². The third-order valence-electron chi connectivity index (χ3n) is 12.6. The van der Waals surface area contributed by atoms with Crippen molar-refractivity contribution < 1.29 is 22.3 Å². The average Bonchev–Trinajstić information content (AvgIpc) is 3.12. The molecule has 2 fully saturated rings. The third-order valence-corrected chi connectivity index (χ3v) is 12.6. The van der Waals surface area contributed by atoms with Gasteiger partial charge in [0.1, 0.15) is 0 Å². The van der Waals surface area contributed by atoms with Crippen LogP contribution in [0.4, 0.5) is 17.6 Å². The van der Waals surface area contributed by atoms with Crippen LogP contribution in [0.1, 0.15) is 102 Å². The standard InChI is InChI=1S/C42H50F4O/c1-3-39(19-7-5-8-20-39)41(33-11-13-35(43)37(45)27-33)23-15-31(16-24-41)29-47-30-32-17-25-42(26-18-32,34-12-14-36(44)38(46)28-34)40(4-2)21-9-6-10-22-40/h11-18,23-28,31-32H,3-10,19-22,29-30H2,1-2H3. The molecule has 0 aromatic heterocycles. The van der Waals surface area contributed by atoms with Crippen LogP contribution in [0.15, 0.2) is 85.0 Å². The Labute approximate surface area is 278 Å². The van der Waals surface area contributed by atoms with Crippen molar-refractivity contribution in [3.05, 3.63) is 119 Å². The van der Waals surface area contributed by atoms with Crippen LogP contribution in [0.25, 0.3) is 0 Å². The Balaban J connectivity index is 1.17. The molecule has 0 aliphatic heterocycles. The summed E-state index contributed by atoms with van der Waals surface area (Å²) in [5.74, 6) is -3.07. The van der Waals surface area contributed by atoms with Gasteiger partial charge in [0, 0.05) is 22.7 Å². The van der Waals surface area contributed by atoms with Crippen molar-refractivity contribution in [2.24, 2.45) is 22.7 Å². The fourth-order valence-corrected chi connectivity index (χ4v) is 9.69.